The van der Waals surface area contributed by atoms with Gasteiger partial charge in [-0.25, -0.2) is 0 Å². The summed E-state index contributed by atoms with van der Waals surface area (Å²) >= 11 is 0. The summed E-state index contributed by atoms with van der Waals surface area (Å²) in [6.45, 7) is 9.98. The fourth-order valence-electron chi connectivity index (χ4n) is 2.80. The minimum Gasteiger partial charge on any atom is -0.308 e. The molecular formula is C16H31N5. The third kappa shape index (κ3) is 5.91. The maximum atomic E-state index is 9.41. The van der Waals surface area contributed by atoms with E-state index in [0.717, 1.165) is 45.7 Å². The maximum Gasteiger partial charge on any atom is 0.105 e. The summed E-state index contributed by atoms with van der Waals surface area (Å²) < 4.78 is 0. The Morgan fingerprint density at radius 1 is 1.14 bits per heavy atom. The maximum absolute atomic E-state index is 9.41. The quantitative estimate of drug-likeness (QED) is 0.710. The molecule has 0 amide bonds. The number of nitrogens with zero attached hydrogens (tertiary/aromatic N) is 4. The summed E-state index contributed by atoms with van der Waals surface area (Å²) in [5.41, 5.74) is -0.344. The lowest BCUT2D eigenvalue weighted by Gasteiger charge is -2.36. The topological polar surface area (TPSA) is 45.5 Å². The van der Waals surface area contributed by atoms with Crippen molar-refractivity contribution in [1.29, 1.82) is 5.26 Å². The van der Waals surface area contributed by atoms with Crippen molar-refractivity contribution in [1.82, 2.24) is 20.0 Å². The molecule has 120 valence electrons. The monoisotopic (exact) mass is 293 g/mol. The van der Waals surface area contributed by atoms with Crippen molar-refractivity contribution in [3.8, 4) is 6.07 Å². The molecule has 0 aromatic heterocycles. The van der Waals surface area contributed by atoms with Crippen LogP contribution in [0.5, 0.6) is 0 Å². The van der Waals surface area contributed by atoms with Crippen LogP contribution in [0.15, 0.2) is 0 Å². The molecule has 1 saturated heterocycles. The Morgan fingerprint density at radius 3 is 2.19 bits per heavy atom. The molecule has 1 aliphatic carbocycles. The number of nitriles is 1. The van der Waals surface area contributed by atoms with Crippen molar-refractivity contribution in [2.24, 2.45) is 0 Å². The second kappa shape index (κ2) is 7.55. The smallest absolute Gasteiger partial charge is 0.105 e. The molecule has 5 heteroatoms. The number of rotatable bonds is 8. The van der Waals surface area contributed by atoms with Gasteiger partial charge in [0, 0.05) is 51.9 Å². The third-order valence-electron chi connectivity index (χ3n) is 4.60. The van der Waals surface area contributed by atoms with E-state index in [1.165, 1.54) is 19.4 Å². The van der Waals surface area contributed by atoms with Gasteiger partial charge in [0.1, 0.15) is 5.54 Å². The fourth-order valence-corrected chi connectivity index (χ4v) is 2.80. The van der Waals surface area contributed by atoms with E-state index in [1.807, 2.05) is 0 Å². The van der Waals surface area contributed by atoms with Crippen LogP contribution in [-0.2, 0) is 0 Å². The molecule has 0 bridgehead atoms. The van der Waals surface area contributed by atoms with E-state index in [1.54, 1.807) is 0 Å². The molecule has 0 aromatic carbocycles. The summed E-state index contributed by atoms with van der Waals surface area (Å²) in [6, 6.07) is 3.07. The van der Waals surface area contributed by atoms with Crippen LogP contribution in [0.25, 0.3) is 0 Å². The molecule has 1 N–H and O–H groups in total. The van der Waals surface area contributed by atoms with Crippen molar-refractivity contribution in [3.63, 3.8) is 0 Å². The molecular weight excluding hydrogens is 262 g/mol. The van der Waals surface area contributed by atoms with Crippen LogP contribution >= 0.6 is 0 Å². The first-order valence-electron chi connectivity index (χ1n) is 8.29. The molecule has 1 heterocycles. The van der Waals surface area contributed by atoms with E-state index in [4.69, 9.17) is 0 Å². The molecule has 0 radical (unpaired) electrons. The molecule has 1 unspecified atom stereocenters. The normalized spacial score (nSPS) is 24.0. The highest BCUT2D eigenvalue weighted by Gasteiger charge is 2.32. The molecule has 0 spiro atoms. The predicted molar refractivity (Wildman–Crippen MR) is 86.2 cm³/mol. The van der Waals surface area contributed by atoms with E-state index >= 15 is 0 Å². The third-order valence-corrected chi connectivity index (χ3v) is 4.60. The van der Waals surface area contributed by atoms with Crippen LogP contribution in [-0.4, -0.2) is 86.2 Å². The van der Waals surface area contributed by atoms with Crippen LogP contribution in [0, 0.1) is 11.3 Å². The lowest BCUT2D eigenvalue weighted by molar-refractivity contribution is 0.119. The van der Waals surface area contributed by atoms with Crippen LogP contribution in [0.4, 0.5) is 0 Å². The van der Waals surface area contributed by atoms with Crippen molar-refractivity contribution in [2.45, 2.75) is 37.8 Å². The molecule has 21 heavy (non-hydrogen) atoms. The zero-order valence-corrected chi connectivity index (χ0v) is 13.9. The van der Waals surface area contributed by atoms with Crippen molar-refractivity contribution < 1.29 is 0 Å². The van der Waals surface area contributed by atoms with Gasteiger partial charge in [0.25, 0.3) is 0 Å². The first-order valence-corrected chi connectivity index (χ1v) is 8.29. The average molecular weight is 293 g/mol. The minimum absolute atomic E-state index is 0.344. The van der Waals surface area contributed by atoms with Gasteiger partial charge in [-0.1, -0.05) is 0 Å². The summed E-state index contributed by atoms with van der Waals surface area (Å²) in [7, 11) is 4.26. The molecule has 0 aromatic rings. The van der Waals surface area contributed by atoms with E-state index in [9.17, 15) is 5.26 Å². The molecule has 1 aliphatic heterocycles. The van der Waals surface area contributed by atoms with Crippen molar-refractivity contribution in [3.05, 3.63) is 0 Å². The Hall–Kier alpha value is -0.670. The van der Waals surface area contributed by atoms with Gasteiger partial charge in [-0.15, -0.1) is 0 Å². The fraction of sp³-hybridized carbons (Fsp3) is 0.938. The van der Waals surface area contributed by atoms with Gasteiger partial charge in [-0.3, -0.25) is 10.2 Å². The summed E-state index contributed by atoms with van der Waals surface area (Å²) in [5, 5.41) is 12.9. The Bertz CT molecular complexity index is 352. The van der Waals surface area contributed by atoms with Gasteiger partial charge >= 0.3 is 0 Å². The van der Waals surface area contributed by atoms with Gasteiger partial charge in [0.2, 0.25) is 0 Å². The van der Waals surface area contributed by atoms with Crippen molar-refractivity contribution in [2.75, 3.05) is 59.9 Å². The molecule has 1 saturated carbocycles. The molecule has 1 atom stereocenters. The Morgan fingerprint density at radius 2 is 1.71 bits per heavy atom. The SMILES string of the molecule is CN(C)CCN1CCN(CCC(C)(C#N)NC2CC2)CC1. The van der Waals surface area contributed by atoms with Gasteiger partial charge in [-0.2, -0.15) is 5.26 Å². The first-order chi connectivity index (χ1) is 10.0. The highest BCUT2D eigenvalue weighted by molar-refractivity contribution is 5.07. The van der Waals surface area contributed by atoms with Crippen molar-refractivity contribution >= 4 is 0 Å². The molecule has 2 fully saturated rings. The molecule has 2 aliphatic rings. The van der Waals surface area contributed by atoms with Gasteiger partial charge in [0.15, 0.2) is 0 Å². The van der Waals surface area contributed by atoms with E-state index < -0.39 is 0 Å². The highest BCUT2D eigenvalue weighted by Crippen LogP contribution is 2.24. The Labute approximate surface area is 129 Å². The standard InChI is InChI=1S/C16H31N5/c1-16(14-17,18-15-4-5-15)6-7-20-10-12-21(13-11-20)9-8-19(2)3/h15,18H,4-13H2,1-3H3. The second-order valence-corrected chi connectivity index (χ2v) is 7.10. The van der Waals surface area contributed by atoms with Gasteiger partial charge in [0.05, 0.1) is 6.07 Å². The van der Waals surface area contributed by atoms with Crippen LogP contribution < -0.4 is 5.32 Å². The number of likely N-dealkylation sites (N-methyl/N-ethyl adjacent to an activating group) is 1. The van der Waals surface area contributed by atoms with Crippen LogP contribution in [0.1, 0.15) is 26.2 Å². The number of hydrogen-bond acceptors (Lipinski definition) is 5. The predicted octanol–water partition coefficient (Wildman–Crippen LogP) is 0.590. The van der Waals surface area contributed by atoms with E-state index in [0.29, 0.717) is 6.04 Å². The number of hydrogen-bond donors (Lipinski definition) is 1. The minimum atomic E-state index is -0.344. The van der Waals surface area contributed by atoms with Gasteiger partial charge in [-0.05, 0) is 40.3 Å². The second-order valence-electron chi connectivity index (χ2n) is 7.10. The summed E-state index contributed by atoms with van der Waals surface area (Å²) in [4.78, 5) is 7.30. The zero-order chi connectivity index (χ0) is 15.3. The molecule has 5 nitrogen and oxygen atoms in total. The van der Waals surface area contributed by atoms with Crippen LogP contribution in [0.2, 0.25) is 0 Å². The van der Waals surface area contributed by atoms with Gasteiger partial charge < -0.3 is 9.80 Å². The summed E-state index contributed by atoms with van der Waals surface area (Å²) in [6.07, 6.45) is 3.40. The highest BCUT2D eigenvalue weighted by atomic mass is 15.3. The average Bonchev–Trinajstić information content (AvgIpc) is 3.28. The van der Waals surface area contributed by atoms with E-state index in [-0.39, 0.29) is 5.54 Å². The Balaban J connectivity index is 1.65. The lowest BCUT2D eigenvalue weighted by atomic mass is 9.99. The number of nitrogens with one attached hydrogen (secondary N) is 1. The van der Waals surface area contributed by atoms with E-state index in [2.05, 4.69) is 47.1 Å². The lowest BCUT2D eigenvalue weighted by Crippen LogP contribution is -2.50. The number of piperazine rings is 1. The zero-order valence-electron chi connectivity index (χ0n) is 13.9. The first kappa shape index (κ1) is 16.7. The molecule has 2 rings (SSSR count). The largest absolute Gasteiger partial charge is 0.308 e. The summed E-state index contributed by atoms with van der Waals surface area (Å²) in [5.74, 6) is 0. The van der Waals surface area contributed by atoms with Crippen LogP contribution in [0.3, 0.4) is 0 Å². The Kier molecular flexibility index (Phi) is 6.00.